The maximum absolute atomic E-state index is 9.10. The van der Waals surface area contributed by atoms with Crippen molar-refractivity contribution in [3.05, 3.63) is 88.2 Å². The molecule has 0 fully saturated rings. The zero-order valence-electron chi connectivity index (χ0n) is 15.2. The topological polar surface area (TPSA) is 74.1 Å². The molecule has 132 valence electrons. The van der Waals surface area contributed by atoms with Gasteiger partial charge in [0, 0.05) is 28.2 Å². The fourth-order valence-corrected chi connectivity index (χ4v) is 2.96. The Morgan fingerprint density at radius 3 is 2.48 bits per heavy atom. The third kappa shape index (κ3) is 3.89. The monoisotopic (exact) mass is 354 g/mol. The van der Waals surface area contributed by atoms with Crippen LogP contribution in [0.25, 0.3) is 5.69 Å². The summed E-state index contributed by atoms with van der Waals surface area (Å²) < 4.78 is 2.10. The Balaban J connectivity index is 1.75. The van der Waals surface area contributed by atoms with Gasteiger partial charge in [-0.05, 0) is 50.2 Å². The summed E-state index contributed by atoms with van der Waals surface area (Å²) >= 11 is 0. The first-order valence-corrected chi connectivity index (χ1v) is 8.47. The summed E-state index contributed by atoms with van der Waals surface area (Å²) in [5.74, 6) is 0. The number of nitriles is 2. The molecule has 0 radical (unpaired) electrons. The minimum Gasteiger partial charge on any atom is -0.391 e. The van der Waals surface area contributed by atoms with Gasteiger partial charge in [-0.1, -0.05) is 23.4 Å². The van der Waals surface area contributed by atoms with Gasteiger partial charge in [-0.25, -0.2) is 0 Å². The molecular weight excluding hydrogens is 336 g/mol. The van der Waals surface area contributed by atoms with E-state index in [2.05, 4.69) is 21.9 Å². The van der Waals surface area contributed by atoms with Gasteiger partial charge in [0.15, 0.2) is 0 Å². The number of rotatable bonds is 5. The van der Waals surface area contributed by atoms with Gasteiger partial charge >= 0.3 is 0 Å². The minimum absolute atomic E-state index is 0.245. The maximum atomic E-state index is 9.10. The van der Waals surface area contributed by atoms with Crippen LogP contribution in [-0.2, 0) is 11.4 Å². The van der Waals surface area contributed by atoms with Crippen molar-refractivity contribution in [3.63, 3.8) is 0 Å². The van der Waals surface area contributed by atoms with E-state index in [-0.39, 0.29) is 6.61 Å². The molecule has 0 spiro atoms. The van der Waals surface area contributed by atoms with E-state index in [4.69, 9.17) is 15.4 Å². The first kappa shape index (κ1) is 18.0. The lowest BCUT2D eigenvalue weighted by Crippen LogP contribution is -1.99. The Hall–Kier alpha value is -3.83. The predicted octanol–water partition coefficient (Wildman–Crippen LogP) is 4.39. The molecule has 5 heteroatoms. The summed E-state index contributed by atoms with van der Waals surface area (Å²) in [6.07, 6.45) is 1.68. The van der Waals surface area contributed by atoms with Gasteiger partial charge < -0.3 is 9.40 Å². The van der Waals surface area contributed by atoms with Crippen LogP contribution in [-0.4, -0.2) is 10.8 Å². The summed E-state index contributed by atoms with van der Waals surface area (Å²) in [6.45, 7) is 4.28. The van der Waals surface area contributed by atoms with E-state index >= 15 is 0 Å². The Morgan fingerprint density at radius 2 is 1.78 bits per heavy atom. The summed E-state index contributed by atoms with van der Waals surface area (Å²) in [5.41, 5.74) is 6.06. The Bertz CT molecular complexity index is 1060. The smallest absolute Gasteiger partial charge is 0.143 e. The lowest BCUT2D eigenvalue weighted by Gasteiger charge is -2.09. The normalized spacial score (nSPS) is 10.5. The summed E-state index contributed by atoms with van der Waals surface area (Å²) in [6, 6.07) is 21.1. The zero-order chi connectivity index (χ0) is 19.2. The van der Waals surface area contributed by atoms with Crippen LogP contribution in [0.1, 0.15) is 33.6 Å². The largest absolute Gasteiger partial charge is 0.391 e. The third-order valence-electron chi connectivity index (χ3n) is 4.35. The second-order valence-electron chi connectivity index (χ2n) is 6.10. The van der Waals surface area contributed by atoms with E-state index in [1.807, 2.05) is 50.2 Å². The first-order chi connectivity index (χ1) is 13.1. The summed E-state index contributed by atoms with van der Waals surface area (Å²) in [5, 5.41) is 22.1. The van der Waals surface area contributed by atoms with Crippen molar-refractivity contribution in [2.24, 2.45) is 5.16 Å². The van der Waals surface area contributed by atoms with E-state index < -0.39 is 0 Å². The van der Waals surface area contributed by atoms with Crippen molar-refractivity contribution in [2.45, 2.75) is 20.5 Å². The lowest BCUT2D eigenvalue weighted by molar-refractivity contribution is 0.132. The average Bonchev–Trinajstić information content (AvgIpc) is 2.99. The fraction of sp³-hybridized carbons (Fsp3) is 0.136. The molecule has 0 bridgehead atoms. The van der Waals surface area contributed by atoms with Gasteiger partial charge in [0.1, 0.15) is 6.61 Å². The Morgan fingerprint density at radius 1 is 1.04 bits per heavy atom. The Kier molecular flexibility index (Phi) is 5.35. The SMILES string of the molecule is Cc1cc(/C=N\OCc2ccccc2C#N)c(C)n1-c1ccc(C#N)cc1. The predicted molar refractivity (Wildman–Crippen MR) is 103 cm³/mol. The first-order valence-electron chi connectivity index (χ1n) is 8.47. The van der Waals surface area contributed by atoms with Crippen LogP contribution < -0.4 is 0 Å². The molecule has 1 aromatic heterocycles. The number of nitrogens with zero attached hydrogens (tertiary/aromatic N) is 4. The van der Waals surface area contributed by atoms with Crippen molar-refractivity contribution in [2.75, 3.05) is 0 Å². The number of oxime groups is 1. The van der Waals surface area contributed by atoms with Crippen LogP contribution in [0.4, 0.5) is 0 Å². The van der Waals surface area contributed by atoms with E-state index in [0.717, 1.165) is 28.2 Å². The molecule has 0 atom stereocenters. The molecule has 0 unspecified atom stereocenters. The highest BCUT2D eigenvalue weighted by molar-refractivity contribution is 5.81. The summed E-state index contributed by atoms with van der Waals surface area (Å²) in [4.78, 5) is 5.38. The number of benzene rings is 2. The van der Waals surface area contributed by atoms with Crippen molar-refractivity contribution in [3.8, 4) is 17.8 Å². The second kappa shape index (κ2) is 8.03. The maximum Gasteiger partial charge on any atom is 0.143 e. The Labute approximate surface area is 158 Å². The molecule has 5 nitrogen and oxygen atoms in total. The van der Waals surface area contributed by atoms with Gasteiger partial charge in [0.25, 0.3) is 0 Å². The van der Waals surface area contributed by atoms with E-state index in [1.54, 1.807) is 24.4 Å². The number of aryl methyl sites for hydroxylation is 1. The van der Waals surface area contributed by atoms with Crippen molar-refractivity contribution < 1.29 is 4.84 Å². The van der Waals surface area contributed by atoms with Gasteiger partial charge in [0.05, 0.1) is 29.5 Å². The van der Waals surface area contributed by atoms with Gasteiger partial charge in [-0.15, -0.1) is 0 Å². The van der Waals surface area contributed by atoms with Crippen molar-refractivity contribution in [1.29, 1.82) is 10.5 Å². The number of aromatic nitrogens is 1. The van der Waals surface area contributed by atoms with Crippen molar-refractivity contribution >= 4 is 6.21 Å². The molecule has 0 saturated heterocycles. The molecule has 0 amide bonds. The molecule has 0 aliphatic carbocycles. The number of hydrogen-bond donors (Lipinski definition) is 0. The molecule has 0 aliphatic heterocycles. The summed E-state index contributed by atoms with van der Waals surface area (Å²) in [7, 11) is 0. The highest BCUT2D eigenvalue weighted by atomic mass is 16.6. The van der Waals surface area contributed by atoms with E-state index in [9.17, 15) is 0 Å². The second-order valence-corrected chi connectivity index (χ2v) is 6.10. The highest BCUT2D eigenvalue weighted by Gasteiger charge is 2.09. The van der Waals surface area contributed by atoms with Crippen LogP contribution >= 0.6 is 0 Å². The third-order valence-corrected chi connectivity index (χ3v) is 4.35. The average molecular weight is 354 g/mol. The highest BCUT2D eigenvalue weighted by Crippen LogP contribution is 2.20. The lowest BCUT2D eigenvalue weighted by atomic mass is 10.1. The van der Waals surface area contributed by atoms with Crippen LogP contribution in [0.5, 0.6) is 0 Å². The molecule has 0 saturated carbocycles. The van der Waals surface area contributed by atoms with Gasteiger partial charge in [-0.2, -0.15) is 10.5 Å². The zero-order valence-corrected chi connectivity index (χ0v) is 15.2. The molecule has 1 heterocycles. The standard InChI is InChI=1S/C22H18N4O/c1-16-11-21(14-25-27-15-20-6-4-3-5-19(20)13-24)17(2)26(16)22-9-7-18(12-23)8-10-22/h3-11,14H,15H2,1-2H3/b25-14-. The molecule has 27 heavy (non-hydrogen) atoms. The molecule has 3 rings (SSSR count). The van der Waals surface area contributed by atoms with Crippen LogP contribution in [0.3, 0.4) is 0 Å². The van der Waals surface area contributed by atoms with E-state index in [1.165, 1.54) is 0 Å². The molecule has 0 N–H and O–H groups in total. The van der Waals surface area contributed by atoms with Crippen molar-refractivity contribution in [1.82, 2.24) is 4.57 Å². The number of hydrogen-bond acceptors (Lipinski definition) is 4. The fourth-order valence-electron chi connectivity index (χ4n) is 2.96. The van der Waals surface area contributed by atoms with Gasteiger partial charge in [-0.3, -0.25) is 0 Å². The quantitative estimate of drug-likeness (QED) is 0.504. The molecule has 3 aromatic rings. The van der Waals surface area contributed by atoms with Crippen LogP contribution in [0, 0.1) is 36.5 Å². The van der Waals surface area contributed by atoms with Crippen LogP contribution in [0.15, 0.2) is 59.8 Å². The van der Waals surface area contributed by atoms with E-state index in [0.29, 0.717) is 11.1 Å². The minimum atomic E-state index is 0.245. The molecule has 0 aliphatic rings. The van der Waals surface area contributed by atoms with Gasteiger partial charge in [0.2, 0.25) is 0 Å². The van der Waals surface area contributed by atoms with Crippen LogP contribution in [0.2, 0.25) is 0 Å². The molecular formula is C22H18N4O. The molecule has 2 aromatic carbocycles.